The summed E-state index contributed by atoms with van der Waals surface area (Å²) < 4.78 is 0. The van der Waals surface area contributed by atoms with Crippen molar-refractivity contribution in [1.29, 1.82) is 0 Å². The van der Waals surface area contributed by atoms with Crippen LogP contribution in [0.5, 0.6) is 0 Å². The quantitative estimate of drug-likeness (QED) is 0.408. The van der Waals surface area contributed by atoms with Gasteiger partial charge < -0.3 is 0 Å². The van der Waals surface area contributed by atoms with Crippen LogP contribution in [0.25, 0.3) is 0 Å². The van der Waals surface area contributed by atoms with Crippen LogP contribution < -0.4 is 0 Å². The number of carbonyl (C=O) groups is 3. The maximum Gasteiger partial charge on any atom is 0.345 e. The summed E-state index contributed by atoms with van der Waals surface area (Å²) >= 11 is 0. The number of amides is 2. The predicted octanol–water partition coefficient (Wildman–Crippen LogP) is 2.42. The van der Waals surface area contributed by atoms with E-state index >= 15 is 0 Å². The van der Waals surface area contributed by atoms with Crippen LogP contribution >= 0.6 is 0 Å². The first-order valence-electron chi connectivity index (χ1n) is 7.96. The van der Waals surface area contributed by atoms with Gasteiger partial charge in [-0.1, -0.05) is 30.3 Å². The third-order valence-electron chi connectivity index (χ3n) is 3.79. The molecule has 25 heavy (non-hydrogen) atoms. The molecule has 0 fully saturated rings. The van der Waals surface area contributed by atoms with Crippen LogP contribution in [0.1, 0.15) is 39.2 Å². The Balaban J connectivity index is 1.68. The van der Waals surface area contributed by atoms with Gasteiger partial charge in [-0.05, 0) is 37.8 Å². The smallest absolute Gasteiger partial charge is 0.275 e. The van der Waals surface area contributed by atoms with E-state index in [1.807, 2.05) is 30.3 Å². The molecule has 1 aromatic carbocycles. The largest absolute Gasteiger partial charge is 0.345 e. The second kappa shape index (κ2) is 8.04. The summed E-state index contributed by atoms with van der Waals surface area (Å²) in [5, 5.41) is 4.59. The van der Waals surface area contributed by atoms with Gasteiger partial charge in [-0.15, -0.1) is 0 Å². The number of hydrogen-bond acceptors (Lipinski definition) is 6. The van der Waals surface area contributed by atoms with Crippen molar-refractivity contribution in [3.05, 3.63) is 47.5 Å². The molecule has 1 aromatic rings. The van der Waals surface area contributed by atoms with E-state index in [9.17, 15) is 14.4 Å². The molecule has 134 valence electrons. The van der Waals surface area contributed by atoms with E-state index in [-0.39, 0.29) is 31.2 Å². The SMILES string of the molecule is CC1=CC(=O)N(CCCC(=O)OOOC(C)(C)c2ccccc2)C1=O. The average Bonchev–Trinajstić information content (AvgIpc) is 2.81. The van der Waals surface area contributed by atoms with E-state index < -0.39 is 11.6 Å². The van der Waals surface area contributed by atoms with Crippen LogP contribution in [-0.4, -0.2) is 29.2 Å². The van der Waals surface area contributed by atoms with Crippen molar-refractivity contribution >= 4 is 17.8 Å². The van der Waals surface area contributed by atoms with Gasteiger partial charge in [0.25, 0.3) is 11.8 Å². The molecule has 7 heteroatoms. The van der Waals surface area contributed by atoms with Gasteiger partial charge in [0.15, 0.2) is 0 Å². The molecule has 0 saturated carbocycles. The summed E-state index contributed by atoms with van der Waals surface area (Å²) in [4.78, 5) is 45.7. The molecule has 2 rings (SSSR count). The molecular formula is C18H21NO6. The van der Waals surface area contributed by atoms with E-state index in [1.54, 1.807) is 20.8 Å². The summed E-state index contributed by atoms with van der Waals surface area (Å²) in [5.74, 6) is -1.34. The second-order valence-corrected chi connectivity index (χ2v) is 6.21. The molecule has 0 aromatic heterocycles. The van der Waals surface area contributed by atoms with E-state index in [0.29, 0.717) is 5.57 Å². The highest BCUT2D eigenvalue weighted by Gasteiger charge is 2.28. The lowest BCUT2D eigenvalue weighted by Gasteiger charge is -2.22. The lowest BCUT2D eigenvalue weighted by atomic mass is 9.99. The molecule has 0 bridgehead atoms. The topological polar surface area (TPSA) is 82.1 Å². The number of benzene rings is 1. The monoisotopic (exact) mass is 347 g/mol. The molecule has 0 saturated heterocycles. The van der Waals surface area contributed by atoms with Crippen molar-refractivity contribution in [3.8, 4) is 0 Å². The van der Waals surface area contributed by atoms with Gasteiger partial charge in [-0.2, -0.15) is 4.89 Å². The van der Waals surface area contributed by atoms with Gasteiger partial charge in [-0.25, -0.2) is 4.79 Å². The highest BCUT2D eigenvalue weighted by atomic mass is 17.5. The second-order valence-electron chi connectivity index (χ2n) is 6.21. The Morgan fingerprint density at radius 3 is 2.44 bits per heavy atom. The van der Waals surface area contributed by atoms with E-state index in [2.05, 4.69) is 9.93 Å². The minimum atomic E-state index is -0.793. The Hall–Kier alpha value is -2.51. The lowest BCUT2D eigenvalue weighted by molar-refractivity contribution is -0.520. The molecule has 0 atom stereocenters. The average molecular weight is 347 g/mol. The van der Waals surface area contributed by atoms with Gasteiger partial charge >= 0.3 is 5.97 Å². The molecule has 1 heterocycles. The predicted molar refractivity (Wildman–Crippen MR) is 87.4 cm³/mol. The summed E-state index contributed by atoms with van der Waals surface area (Å²) in [7, 11) is 0. The van der Waals surface area contributed by atoms with Gasteiger partial charge in [0.1, 0.15) is 5.60 Å². The maximum atomic E-state index is 11.7. The first-order chi connectivity index (χ1) is 11.8. The number of nitrogens with zero attached hydrogens (tertiary/aromatic N) is 1. The van der Waals surface area contributed by atoms with Crippen LogP contribution in [0.3, 0.4) is 0 Å². The first kappa shape index (κ1) is 18.8. The fourth-order valence-electron chi connectivity index (χ4n) is 2.30. The molecule has 0 radical (unpaired) electrons. The number of rotatable bonds is 8. The summed E-state index contributed by atoms with van der Waals surface area (Å²) in [6, 6.07) is 9.35. The maximum absolute atomic E-state index is 11.7. The minimum Gasteiger partial charge on any atom is -0.275 e. The Bertz CT molecular complexity index is 680. The summed E-state index contributed by atoms with van der Waals surface area (Å²) in [6.45, 7) is 5.28. The number of hydrogen-bond donors (Lipinski definition) is 0. The Morgan fingerprint density at radius 1 is 1.16 bits per heavy atom. The molecule has 7 nitrogen and oxygen atoms in total. The van der Waals surface area contributed by atoms with Crippen molar-refractivity contribution < 1.29 is 29.2 Å². The van der Waals surface area contributed by atoms with Crippen molar-refractivity contribution in [2.75, 3.05) is 6.54 Å². The molecule has 1 aliphatic rings. The van der Waals surface area contributed by atoms with Gasteiger partial charge in [0.05, 0.1) is 6.42 Å². The summed E-state index contributed by atoms with van der Waals surface area (Å²) in [6.07, 6.45) is 1.55. The first-order valence-corrected chi connectivity index (χ1v) is 7.96. The fourth-order valence-corrected chi connectivity index (χ4v) is 2.30. The third kappa shape index (κ3) is 4.98. The summed E-state index contributed by atoms with van der Waals surface area (Å²) in [5.41, 5.74) is 0.464. The van der Waals surface area contributed by atoms with Crippen LogP contribution in [0.4, 0.5) is 0 Å². The van der Waals surface area contributed by atoms with E-state index in [0.717, 1.165) is 10.5 Å². The molecule has 0 spiro atoms. The lowest BCUT2D eigenvalue weighted by Crippen LogP contribution is -2.32. The molecule has 0 unspecified atom stereocenters. The van der Waals surface area contributed by atoms with Crippen LogP contribution in [0.15, 0.2) is 42.0 Å². The highest BCUT2D eigenvalue weighted by molar-refractivity contribution is 6.15. The Morgan fingerprint density at radius 2 is 1.84 bits per heavy atom. The van der Waals surface area contributed by atoms with Gasteiger partial charge in [0.2, 0.25) is 0 Å². The van der Waals surface area contributed by atoms with Crippen molar-refractivity contribution in [2.45, 2.75) is 39.2 Å². The normalized spacial score (nSPS) is 14.7. The van der Waals surface area contributed by atoms with Crippen molar-refractivity contribution in [1.82, 2.24) is 4.90 Å². The van der Waals surface area contributed by atoms with Crippen molar-refractivity contribution in [3.63, 3.8) is 0 Å². The van der Waals surface area contributed by atoms with Crippen LogP contribution in [0, 0.1) is 0 Å². The van der Waals surface area contributed by atoms with Crippen molar-refractivity contribution in [2.24, 2.45) is 0 Å². The van der Waals surface area contributed by atoms with Gasteiger partial charge in [-0.3, -0.25) is 19.4 Å². The third-order valence-corrected chi connectivity index (χ3v) is 3.79. The zero-order chi connectivity index (χ0) is 18.4. The minimum absolute atomic E-state index is 0.00870. The molecule has 2 amide bonds. The molecule has 1 aliphatic heterocycles. The zero-order valence-electron chi connectivity index (χ0n) is 14.5. The van der Waals surface area contributed by atoms with E-state index in [1.165, 1.54) is 6.08 Å². The van der Waals surface area contributed by atoms with Gasteiger partial charge in [0, 0.05) is 18.2 Å². The molecular weight excluding hydrogens is 326 g/mol. The standard InChI is InChI=1S/C18H21NO6/c1-13-12-15(20)19(17(13)22)11-7-10-16(21)23-25-24-18(2,3)14-8-5-4-6-9-14/h4-6,8-9,12H,7,10-11H2,1-3H3. The van der Waals surface area contributed by atoms with E-state index in [4.69, 9.17) is 4.89 Å². The molecule has 0 aliphatic carbocycles. The zero-order valence-corrected chi connectivity index (χ0v) is 14.5. The fraction of sp³-hybridized carbons (Fsp3) is 0.389. The Labute approximate surface area is 146 Å². The van der Waals surface area contributed by atoms with Crippen LogP contribution in [-0.2, 0) is 34.8 Å². The highest BCUT2D eigenvalue weighted by Crippen LogP contribution is 2.24. The molecule has 0 N–H and O–H groups in total. The number of imide groups is 1. The Kier molecular flexibility index (Phi) is 6.06. The number of carbonyl (C=O) groups excluding carboxylic acids is 3. The van der Waals surface area contributed by atoms with Crippen LogP contribution in [0.2, 0.25) is 0 Å².